The molecular formula is C15H25ClN4O. The maximum atomic E-state index is 12.3. The van der Waals surface area contributed by atoms with Crippen molar-refractivity contribution in [3.8, 4) is 0 Å². The normalized spacial score (nSPS) is 22.9. The Morgan fingerprint density at radius 1 is 1.48 bits per heavy atom. The van der Waals surface area contributed by atoms with Gasteiger partial charge in [0.2, 0.25) is 0 Å². The SMILES string of the molecule is CC(C)Cn1ncc(N2CC(CN)CCC2C)c(Cl)c1=O. The van der Waals surface area contributed by atoms with Crippen LogP contribution in [0.4, 0.5) is 5.69 Å². The van der Waals surface area contributed by atoms with E-state index >= 15 is 0 Å². The number of piperidine rings is 1. The molecule has 0 spiro atoms. The summed E-state index contributed by atoms with van der Waals surface area (Å²) >= 11 is 6.33. The van der Waals surface area contributed by atoms with Crippen LogP contribution in [0.25, 0.3) is 0 Å². The molecule has 1 aromatic rings. The molecule has 0 aromatic carbocycles. The second-order valence-corrected chi connectivity index (χ2v) is 6.78. The van der Waals surface area contributed by atoms with E-state index in [1.54, 1.807) is 6.20 Å². The Morgan fingerprint density at radius 2 is 2.19 bits per heavy atom. The second kappa shape index (κ2) is 6.79. The Kier molecular flexibility index (Phi) is 5.27. The molecule has 2 unspecified atom stereocenters. The van der Waals surface area contributed by atoms with Crippen molar-refractivity contribution in [3.63, 3.8) is 0 Å². The maximum absolute atomic E-state index is 12.3. The summed E-state index contributed by atoms with van der Waals surface area (Å²) in [5, 5.41) is 4.56. The Labute approximate surface area is 131 Å². The van der Waals surface area contributed by atoms with Crippen LogP contribution in [0.15, 0.2) is 11.0 Å². The first-order chi connectivity index (χ1) is 9.93. The van der Waals surface area contributed by atoms with Gasteiger partial charge in [-0.2, -0.15) is 5.10 Å². The van der Waals surface area contributed by atoms with Crippen LogP contribution in [0.2, 0.25) is 5.02 Å². The Balaban J connectivity index is 2.31. The van der Waals surface area contributed by atoms with Gasteiger partial charge >= 0.3 is 0 Å². The van der Waals surface area contributed by atoms with Gasteiger partial charge in [-0.1, -0.05) is 25.4 Å². The summed E-state index contributed by atoms with van der Waals surface area (Å²) in [5.41, 5.74) is 6.33. The van der Waals surface area contributed by atoms with Crippen LogP contribution in [-0.2, 0) is 6.54 Å². The van der Waals surface area contributed by atoms with Gasteiger partial charge in [-0.3, -0.25) is 4.79 Å². The van der Waals surface area contributed by atoms with Crippen LogP contribution in [0, 0.1) is 11.8 Å². The molecule has 2 N–H and O–H groups in total. The lowest BCUT2D eigenvalue weighted by Crippen LogP contribution is -2.45. The third kappa shape index (κ3) is 3.58. The molecule has 1 aliphatic heterocycles. The average molecular weight is 313 g/mol. The van der Waals surface area contributed by atoms with Crippen LogP contribution in [0.3, 0.4) is 0 Å². The summed E-state index contributed by atoms with van der Waals surface area (Å²) in [6.45, 7) is 8.34. The predicted octanol–water partition coefficient (Wildman–Crippen LogP) is 2.12. The first kappa shape index (κ1) is 16.3. The van der Waals surface area contributed by atoms with Crippen LogP contribution < -0.4 is 16.2 Å². The zero-order valence-corrected chi connectivity index (χ0v) is 13.8. The molecular weight excluding hydrogens is 288 g/mol. The van der Waals surface area contributed by atoms with E-state index in [1.807, 2.05) is 0 Å². The summed E-state index contributed by atoms with van der Waals surface area (Å²) in [6, 6.07) is 0.354. The molecule has 0 bridgehead atoms. The fourth-order valence-corrected chi connectivity index (χ4v) is 3.10. The highest BCUT2D eigenvalue weighted by Gasteiger charge is 2.27. The fourth-order valence-electron chi connectivity index (χ4n) is 2.84. The number of aromatic nitrogens is 2. The van der Waals surface area contributed by atoms with E-state index in [0.29, 0.717) is 31.0 Å². The average Bonchev–Trinajstić information content (AvgIpc) is 2.45. The third-order valence-electron chi connectivity index (χ3n) is 4.13. The summed E-state index contributed by atoms with van der Waals surface area (Å²) in [7, 11) is 0. The van der Waals surface area contributed by atoms with Crippen LogP contribution >= 0.6 is 11.6 Å². The van der Waals surface area contributed by atoms with Gasteiger partial charge in [-0.15, -0.1) is 0 Å². The molecule has 1 fully saturated rings. The van der Waals surface area contributed by atoms with E-state index < -0.39 is 0 Å². The molecule has 5 nitrogen and oxygen atoms in total. The lowest BCUT2D eigenvalue weighted by atomic mass is 9.93. The van der Waals surface area contributed by atoms with E-state index in [9.17, 15) is 4.79 Å². The maximum Gasteiger partial charge on any atom is 0.287 e. The summed E-state index contributed by atoms with van der Waals surface area (Å²) in [5.74, 6) is 0.808. The highest BCUT2D eigenvalue weighted by Crippen LogP contribution is 2.30. The predicted molar refractivity (Wildman–Crippen MR) is 86.9 cm³/mol. The number of nitrogens with zero attached hydrogens (tertiary/aromatic N) is 3. The topological polar surface area (TPSA) is 64.2 Å². The summed E-state index contributed by atoms with van der Waals surface area (Å²) in [4.78, 5) is 14.5. The molecule has 21 heavy (non-hydrogen) atoms. The fraction of sp³-hybridized carbons (Fsp3) is 0.733. The van der Waals surface area contributed by atoms with Crippen molar-refractivity contribution in [2.24, 2.45) is 17.6 Å². The first-order valence-electron chi connectivity index (χ1n) is 7.66. The molecule has 0 saturated carbocycles. The van der Waals surface area contributed by atoms with E-state index in [0.717, 1.165) is 25.1 Å². The summed E-state index contributed by atoms with van der Waals surface area (Å²) < 4.78 is 1.45. The van der Waals surface area contributed by atoms with Gasteiger partial charge in [0.25, 0.3) is 5.56 Å². The molecule has 0 amide bonds. The molecule has 0 radical (unpaired) electrons. The molecule has 2 atom stereocenters. The Bertz CT molecular complexity index is 543. The van der Waals surface area contributed by atoms with Crippen molar-refractivity contribution < 1.29 is 0 Å². The molecule has 0 aliphatic carbocycles. The van der Waals surface area contributed by atoms with E-state index in [4.69, 9.17) is 17.3 Å². The lowest BCUT2D eigenvalue weighted by Gasteiger charge is -2.39. The number of anilines is 1. The lowest BCUT2D eigenvalue weighted by molar-refractivity contribution is 0.372. The smallest absolute Gasteiger partial charge is 0.287 e. The molecule has 1 aliphatic rings. The zero-order chi connectivity index (χ0) is 15.6. The van der Waals surface area contributed by atoms with Crippen molar-refractivity contribution in [1.29, 1.82) is 0 Å². The van der Waals surface area contributed by atoms with Gasteiger partial charge in [-0.25, -0.2) is 4.68 Å². The number of nitrogens with two attached hydrogens (primary N) is 1. The summed E-state index contributed by atoms with van der Waals surface area (Å²) in [6.07, 6.45) is 3.92. The van der Waals surface area contributed by atoms with Crippen molar-refractivity contribution in [1.82, 2.24) is 9.78 Å². The minimum absolute atomic E-state index is 0.204. The zero-order valence-electron chi connectivity index (χ0n) is 13.1. The van der Waals surface area contributed by atoms with Gasteiger partial charge in [0.15, 0.2) is 0 Å². The highest BCUT2D eigenvalue weighted by atomic mass is 35.5. The van der Waals surface area contributed by atoms with Gasteiger partial charge in [0.1, 0.15) is 5.02 Å². The first-order valence-corrected chi connectivity index (χ1v) is 8.04. The van der Waals surface area contributed by atoms with E-state index in [-0.39, 0.29) is 10.6 Å². The number of halogens is 1. The number of rotatable bonds is 4. The highest BCUT2D eigenvalue weighted by molar-refractivity contribution is 6.33. The molecule has 2 heterocycles. The van der Waals surface area contributed by atoms with Crippen molar-refractivity contribution in [2.75, 3.05) is 18.0 Å². The van der Waals surface area contributed by atoms with Gasteiger partial charge < -0.3 is 10.6 Å². The van der Waals surface area contributed by atoms with E-state index in [2.05, 4.69) is 30.8 Å². The number of hydrogen-bond acceptors (Lipinski definition) is 4. The minimum Gasteiger partial charge on any atom is -0.366 e. The van der Waals surface area contributed by atoms with Crippen molar-refractivity contribution in [2.45, 2.75) is 46.2 Å². The van der Waals surface area contributed by atoms with Gasteiger partial charge in [0.05, 0.1) is 11.9 Å². The quantitative estimate of drug-likeness (QED) is 0.925. The van der Waals surface area contributed by atoms with Crippen molar-refractivity contribution in [3.05, 3.63) is 21.6 Å². The molecule has 1 aromatic heterocycles. The third-order valence-corrected chi connectivity index (χ3v) is 4.48. The number of hydrogen-bond donors (Lipinski definition) is 1. The standard InChI is InChI=1S/C15H25ClN4O/c1-10(2)8-20-15(21)14(16)13(7-18-20)19-9-12(6-17)5-4-11(19)3/h7,10-12H,4-6,8-9,17H2,1-3H3. The minimum atomic E-state index is -0.204. The monoisotopic (exact) mass is 312 g/mol. The van der Waals surface area contributed by atoms with Crippen molar-refractivity contribution >= 4 is 17.3 Å². The van der Waals surface area contributed by atoms with Gasteiger partial charge in [0, 0.05) is 19.1 Å². The Hall–Kier alpha value is -1.07. The van der Waals surface area contributed by atoms with Crippen LogP contribution in [0.5, 0.6) is 0 Å². The van der Waals surface area contributed by atoms with E-state index in [1.165, 1.54) is 4.68 Å². The van der Waals surface area contributed by atoms with Gasteiger partial charge in [-0.05, 0) is 38.1 Å². The Morgan fingerprint density at radius 3 is 2.81 bits per heavy atom. The molecule has 6 heteroatoms. The molecule has 118 valence electrons. The van der Waals surface area contributed by atoms with Crippen LogP contribution in [-0.4, -0.2) is 28.9 Å². The molecule has 1 saturated heterocycles. The molecule has 2 rings (SSSR count). The van der Waals surface area contributed by atoms with Crippen LogP contribution in [0.1, 0.15) is 33.6 Å². The largest absolute Gasteiger partial charge is 0.366 e. The second-order valence-electron chi connectivity index (χ2n) is 6.41.